The van der Waals surface area contributed by atoms with Crippen LogP contribution in [-0.4, -0.2) is 11.9 Å². The Morgan fingerprint density at radius 1 is 1.62 bits per heavy atom. The summed E-state index contributed by atoms with van der Waals surface area (Å²) >= 11 is 4.96. The molecule has 4 heteroatoms. The van der Waals surface area contributed by atoms with Gasteiger partial charge in [-0.2, -0.15) is 0 Å². The van der Waals surface area contributed by atoms with E-state index >= 15 is 0 Å². The molecule has 1 amide bonds. The number of nitrogens with one attached hydrogen (secondary N) is 1. The van der Waals surface area contributed by atoms with Crippen molar-refractivity contribution >= 4 is 33.2 Å². The lowest BCUT2D eigenvalue weighted by atomic mass is 10.3. The van der Waals surface area contributed by atoms with Crippen molar-refractivity contribution < 1.29 is 4.79 Å². The molecule has 1 N–H and O–H groups in total. The number of thiophene rings is 1. The Labute approximate surface area is 90.5 Å². The first-order valence-corrected chi connectivity index (χ1v) is 5.72. The van der Waals surface area contributed by atoms with Crippen LogP contribution in [0.4, 0.5) is 0 Å². The summed E-state index contributed by atoms with van der Waals surface area (Å²) in [5.41, 5.74) is 0. The lowest BCUT2D eigenvalue weighted by Crippen LogP contribution is -2.31. The van der Waals surface area contributed by atoms with Gasteiger partial charge in [-0.05, 0) is 41.9 Å². The van der Waals surface area contributed by atoms with Crippen LogP contribution in [0.2, 0.25) is 0 Å². The van der Waals surface area contributed by atoms with Gasteiger partial charge in [0.05, 0.1) is 10.2 Å². The molecular formula is C9H12BrNOS. The van der Waals surface area contributed by atoms with Gasteiger partial charge in [-0.15, -0.1) is 11.3 Å². The number of hydrogen-bond acceptors (Lipinski definition) is 2. The van der Waals surface area contributed by atoms with Gasteiger partial charge in [-0.25, -0.2) is 0 Å². The fraction of sp³-hybridized carbons (Fsp3) is 0.444. The maximum atomic E-state index is 11.3. The second kappa shape index (κ2) is 4.77. The molecule has 13 heavy (non-hydrogen) atoms. The first kappa shape index (κ1) is 10.7. The molecule has 2 nitrogen and oxygen atoms in total. The Balaban J connectivity index is 2.45. The smallest absolute Gasteiger partial charge is 0.225 e. The van der Waals surface area contributed by atoms with Gasteiger partial charge >= 0.3 is 0 Å². The van der Waals surface area contributed by atoms with E-state index in [1.54, 1.807) is 11.3 Å². The molecule has 0 unspecified atom stereocenters. The molecule has 0 bridgehead atoms. The van der Waals surface area contributed by atoms with Gasteiger partial charge in [-0.1, -0.05) is 0 Å². The van der Waals surface area contributed by atoms with E-state index in [9.17, 15) is 4.79 Å². The molecule has 0 saturated heterocycles. The second-order valence-corrected chi connectivity index (χ2v) is 5.65. The van der Waals surface area contributed by atoms with Crippen LogP contribution in [0.3, 0.4) is 0 Å². The zero-order valence-electron chi connectivity index (χ0n) is 7.63. The summed E-state index contributed by atoms with van der Waals surface area (Å²) in [6.45, 7) is 3.92. The first-order chi connectivity index (χ1) is 6.08. The molecule has 0 aliphatic rings. The minimum absolute atomic E-state index is 0.0874. The fourth-order valence-electron chi connectivity index (χ4n) is 0.978. The van der Waals surface area contributed by atoms with Gasteiger partial charge in [-0.3, -0.25) is 4.79 Å². The normalized spacial score (nSPS) is 10.5. The van der Waals surface area contributed by atoms with Gasteiger partial charge < -0.3 is 5.32 Å². The van der Waals surface area contributed by atoms with Gasteiger partial charge in [0.15, 0.2) is 0 Å². The molecule has 0 aliphatic heterocycles. The molecule has 1 aromatic rings. The highest BCUT2D eigenvalue weighted by Gasteiger charge is 2.06. The van der Waals surface area contributed by atoms with Crippen molar-refractivity contribution in [1.82, 2.24) is 5.32 Å². The average Bonchev–Trinajstić information content (AvgIpc) is 2.33. The topological polar surface area (TPSA) is 29.1 Å². The van der Waals surface area contributed by atoms with Crippen LogP contribution < -0.4 is 5.32 Å². The number of hydrogen-bond donors (Lipinski definition) is 1. The van der Waals surface area contributed by atoms with Crippen molar-refractivity contribution in [3.8, 4) is 0 Å². The SMILES string of the molecule is CC(C)NC(=O)Cc1ccc(Br)s1. The minimum Gasteiger partial charge on any atom is -0.354 e. The van der Waals surface area contributed by atoms with E-state index in [-0.39, 0.29) is 11.9 Å². The molecule has 0 aromatic carbocycles. The van der Waals surface area contributed by atoms with Crippen LogP contribution in [0.5, 0.6) is 0 Å². The number of carbonyl (C=O) groups is 1. The third kappa shape index (κ3) is 3.91. The van der Waals surface area contributed by atoms with Crippen LogP contribution in [0.25, 0.3) is 0 Å². The number of rotatable bonds is 3. The zero-order chi connectivity index (χ0) is 9.84. The summed E-state index contributed by atoms with van der Waals surface area (Å²) in [6, 6.07) is 4.15. The number of amides is 1. The van der Waals surface area contributed by atoms with Gasteiger partial charge in [0.2, 0.25) is 5.91 Å². The van der Waals surface area contributed by atoms with E-state index < -0.39 is 0 Å². The monoisotopic (exact) mass is 261 g/mol. The van der Waals surface area contributed by atoms with E-state index in [0.29, 0.717) is 6.42 Å². The molecule has 0 fully saturated rings. The lowest BCUT2D eigenvalue weighted by molar-refractivity contribution is -0.120. The highest BCUT2D eigenvalue weighted by Crippen LogP contribution is 2.22. The van der Waals surface area contributed by atoms with Crippen LogP contribution in [-0.2, 0) is 11.2 Å². The van der Waals surface area contributed by atoms with Crippen molar-refractivity contribution in [2.75, 3.05) is 0 Å². The Kier molecular flexibility index (Phi) is 3.93. The standard InChI is InChI=1S/C9H12BrNOS/c1-6(2)11-9(12)5-7-3-4-8(10)13-7/h3-4,6H,5H2,1-2H3,(H,11,12). The molecular weight excluding hydrogens is 250 g/mol. The molecule has 0 saturated carbocycles. The summed E-state index contributed by atoms with van der Waals surface area (Å²) in [7, 11) is 0. The Bertz CT molecular complexity index is 296. The molecule has 0 atom stereocenters. The van der Waals surface area contributed by atoms with Crippen molar-refractivity contribution in [3.05, 3.63) is 20.8 Å². The molecule has 0 spiro atoms. The quantitative estimate of drug-likeness (QED) is 0.891. The van der Waals surface area contributed by atoms with Crippen LogP contribution >= 0.6 is 27.3 Å². The van der Waals surface area contributed by atoms with Crippen LogP contribution in [0, 0.1) is 0 Å². The summed E-state index contributed by atoms with van der Waals surface area (Å²) in [5.74, 6) is 0.0874. The average molecular weight is 262 g/mol. The second-order valence-electron chi connectivity index (χ2n) is 3.10. The van der Waals surface area contributed by atoms with Crippen molar-refractivity contribution in [3.63, 3.8) is 0 Å². The maximum Gasteiger partial charge on any atom is 0.225 e. The summed E-state index contributed by atoms with van der Waals surface area (Å²) in [6.07, 6.45) is 0.481. The van der Waals surface area contributed by atoms with E-state index in [0.717, 1.165) is 8.66 Å². The Hall–Kier alpha value is -0.350. The third-order valence-corrected chi connectivity index (χ3v) is 3.04. The lowest BCUT2D eigenvalue weighted by Gasteiger charge is -2.06. The largest absolute Gasteiger partial charge is 0.354 e. The van der Waals surface area contributed by atoms with Crippen molar-refractivity contribution in [2.45, 2.75) is 26.3 Å². The summed E-state index contributed by atoms with van der Waals surface area (Å²) in [5, 5.41) is 2.85. The Morgan fingerprint density at radius 2 is 2.31 bits per heavy atom. The fourth-order valence-corrected chi connectivity index (χ4v) is 2.46. The van der Waals surface area contributed by atoms with Crippen molar-refractivity contribution in [1.29, 1.82) is 0 Å². The van der Waals surface area contributed by atoms with E-state index in [1.165, 1.54) is 0 Å². The van der Waals surface area contributed by atoms with E-state index in [2.05, 4.69) is 21.2 Å². The molecule has 0 aliphatic carbocycles. The molecule has 1 aromatic heterocycles. The number of carbonyl (C=O) groups excluding carboxylic acids is 1. The highest BCUT2D eigenvalue weighted by atomic mass is 79.9. The van der Waals surface area contributed by atoms with Gasteiger partial charge in [0.25, 0.3) is 0 Å². The predicted octanol–water partition coefficient (Wildman–Crippen LogP) is 2.58. The Morgan fingerprint density at radius 3 is 2.77 bits per heavy atom. The summed E-state index contributed by atoms with van der Waals surface area (Å²) in [4.78, 5) is 12.4. The van der Waals surface area contributed by atoms with Crippen LogP contribution in [0.1, 0.15) is 18.7 Å². The molecule has 0 radical (unpaired) electrons. The molecule has 1 heterocycles. The van der Waals surface area contributed by atoms with E-state index in [4.69, 9.17) is 0 Å². The number of halogens is 1. The van der Waals surface area contributed by atoms with Gasteiger partial charge in [0, 0.05) is 10.9 Å². The zero-order valence-corrected chi connectivity index (χ0v) is 10.0. The third-order valence-electron chi connectivity index (χ3n) is 1.41. The first-order valence-electron chi connectivity index (χ1n) is 4.11. The maximum absolute atomic E-state index is 11.3. The molecule has 1 rings (SSSR count). The minimum atomic E-state index is 0.0874. The van der Waals surface area contributed by atoms with Crippen LogP contribution in [0.15, 0.2) is 15.9 Å². The predicted molar refractivity (Wildman–Crippen MR) is 59.0 cm³/mol. The molecule has 72 valence electrons. The summed E-state index contributed by atoms with van der Waals surface area (Å²) < 4.78 is 1.07. The highest BCUT2D eigenvalue weighted by molar-refractivity contribution is 9.11. The van der Waals surface area contributed by atoms with Crippen molar-refractivity contribution in [2.24, 2.45) is 0 Å². The van der Waals surface area contributed by atoms with E-state index in [1.807, 2.05) is 26.0 Å². The van der Waals surface area contributed by atoms with Gasteiger partial charge in [0.1, 0.15) is 0 Å².